The van der Waals surface area contributed by atoms with Gasteiger partial charge >= 0.3 is 0 Å². The number of nitrogens with zero attached hydrogens (tertiary/aromatic N) is 1. The van der Waals surface area contributed by atoms with Crippen molar-refractivity contribution >= 4 is 30.7 Å². The minimum Gasteiger partial charge on any atom is -0.378 e. The zero-order valence-electron chi connectivity index (χ0n) is 13.8. The standard InChI is InChI=1S/C17H25N3O2.2ClH/c21-17(16-13-22-10-7-18-16)19-11-14-3-5-15(6-4-14)12-20-8-1-2-9-20;;/h3-6,16,18H,1-2,7-13H2,(H,19,21);2*1H. The lowest BCUT2D eigenvalue weighted by atomic mass is 10.1. The minimum absolute atomic E-state index is 0. The van der Waals surface area contributed by atoms with Gasteiger partial charge in [0.1, 0.15) is 6.04 Å². The first-order chi connectivity index (χ1) is 10.8. The molecule has 2 fully saturated rings. The van der Waals surface area contributed by atoms with Crippen LogP contribution in [0.3, 0.4) is 0 Å². The van der Waals surface area contributed by atoms with E-state index in [4.69, 9.17) is 4.74 Å². The molecule has 2 aliphatic heterocycles. The zero-order chi connectivity index (χ0) is 15.2. The first-order valence-electron chi connectivity index (χ1n) is 8.20. The van der Waals surface area contributed by atoms with Crippen LogP contribution in [-0.2, 0) is 22.6 Å². The van der Waals surface area contributed by atoms with Crippen molar-refractivity contribution in [2.24, 2.45) is 0 Å². The molecule has 1 atom stereocenters. The lowest BCUT2D eigenvalue weighted by molar-refractivity contribution is -0.126. The Labute approximate surface area is 156 Å². The summed E-state index contributed by atoms with van der Waals surface area (Å²) in [6.07, 6.45) is 2.64. The average Bonchev–Trinajstić information content (AvgIpc) is 3.08. The second kappa shape index (κ2) is 10.9. The fourth-order valence-corrected chi connectivity index (χ4v) is 3.01. The molecule has 0 spiro atoms. The van der Waals surface area contributed by atoms with Crippen LogP contribution in [0.4, 0.5) is 0 Å². The highest BCUT2D eigenvalue weighted by Crippen LogP contribution is 2.13. The number of halogens is 2. The third kappa shape index (κ3) is 6.22. The van der Waals surface area contributed by atoms with Gasteiger partial charge in [-0.05, 0) is 37.1 Å². The molecular formula is C17H27Cl2N3O2. The summed E-state index contributed by atoms with van der Waals surface area (Å²) in [4.78, 5) is 14.5. The zero-order valence-corrected chi connectivity index (χ0v) is 15.5. The Bertz CT molecular complexity index is 487. The van der Waals surface area contributed by atoms with Gasteiger partial charge in [0.15, 0.2) is 0 Å². The number of carbonyl (C=O) groups is 1. The highest BCUT2D eigenvalue weighted by Gasteiger charge is 2.20. The van der Waals surface area contributed by atoms with E-state index in [1.807, 2.05) is 0 Å². The number of carbonyl (C=O) groups excluding carboxylic acids is 1. The quantitative estimate of drug-likeness (QED) is 0.822. The van der Waals surface area contributed by atoms with Gasteiger partial charge in [-0.1, -0.05) is 24.3 Å². The largest absolute Gasteiger partial charge is 0.378 e. The number of amides is 1. The second-order valence-electron chi connectivity index (χ2n) is 6.10. The topological polar surface area (TPSA) is 53.6 Å². The minimum atomic E-state index is -0.219. The maximum absolute atomic E-state index is 12.0. The number of benzene rings is 1. The molecule has 1 aromatic carbocycles. The first kappa shape index (κ1) is 21.2. The Kier molecular flexibility index (Phi) is 9.63. The number of likely N-dealkylation sites (tertiary alicyclic amines) is 1. The Hall–Kier alpha value is -0.850. The summed E-state index contributed by atoms with van der Waals surface area (Å²) >= 11 is 0. The predicted octanol–water partition coefficient (Wildman–Crippen LogP) is 1.73. The van der Waals surface area contributed by atoms with E-state index in [1.54, 1.807) is 0 Å². The van der Waals surface area contributed by atoms with Crippen molar-refractivity contribution in [3.8, 4) is 0 Å². The molecule has 2 N–H and O–H groups in total. The summed E-state index contributed by atoms with van der Waals surface area (Å²) in [7, 11) is 0. The van der Waals surface area contributed by atoms with Gasteiger partial charge in [0.2, 0.25) is 5.91 Å². The molecule has 136 valence electrons. The summed E-state index contributed by atoms with van der Waals surface area (Å²) < 4.78 is 5.31. The van der Waals surface area contributed by atoms with Crippen LogP contribution < -0.4 is 10.6 Å². The number of nitrogens with one attached hydrogen (secondary N) is 2. The van der Waals surface area contributed by atoms with Gasteiger partial charge in [-0.25, -0.2) is 0 Å². The molecule has 0 aromatic heterocycles. The van der Waals surface area contributed by atoms with Crippen molar-refractivity contribution in [3.63, 3.8) is 0 Å². The molecule has 2 saturated heterocycles. The van der Waals surface area contributed by atoms with Gasteiger partial charge in [-0.2, -0.15) is 0 Å². The smallest absolute Gasteiger partial charge is 0.239 e. The SMILES string of the molecule is Cl.Cl.O=C(NCc1ccc(CN2CCCC2)cc1)C1COCCN1. The molecule has 0 saturated carbocycles. The van der Waals surface area contributed by atoms with E-state index in [0.29, 0.717) is 19.8 Å². The molecule has 5 nitrogen and oxygen atoms in total. The van der Waals surface area contributed by atoms with E-state index in [-0.39, 0.29) is 36.8 Å². The van der Waals surface area contributed by atoms with Crippen LogP contribution in [-0.4, -0.2) is 49.7 Å². The van der Waals surface area contributed by atoms with Gasteiger partial charge in [0.05, 0.1) is 13.2 Å². The number of morpholine rings is 1. The summed E-state index contributed by atoms with van der Waals surface area (Å²) in [5.41, 5.74) is 2.48. The molecule has 0 bridgehead atoms. The van der Waals surface area contributed by atoms with Gasteiger partial charge < -0.3 is 15.4 Å². The van der Waals surface area contributed by atoms with Crippen LogP contribution in [0.25, 0.3) is 0 Å². The van der Waals surface area contributed by atoms with Crippen molar-refractivity contribution < 1.29 is 9.53 Å². The lowest BCUT2D eigenvalue weighted by Crippen LogP contribution is -2.51. The molecule has 1 amide bonds. The van der Waals surface area contributed by atoms with Gasteiger partial charge in [0.25, 0.3) is 0 Å². The monoisotopic (exact) mass is 375 g/mol. The Morgan fingerprint density at radius 3 is 2.46 bits per heavy atom. The van der Waals surface area contributed by atoms with Crippen LogP contribution in [0.5, 0.6) is 0 Å². The third-order valence-corrected chi connectivity index (χ3v) is 4.33. The third-order valence-electron chi connectivity index (χ3n) is 4.33. The molecule has 1 unspecified atom stereocenters. The van der Waals surface area contributed by atoms with E-state index in [9.17, 15) is 4.79 Å². The molecule has 2 aliphatic rings. The van der Waals surface area contributed by atoms with Crippen molar-refractivity contribution in [2.45, 2.75) is 32.0 Å². The molecule has 0 radical (unpaired) electrons. The summed E-state index contributed by atoms with van der Waals surface area (Å²) in [5.74, 6) is 0.0147. The molecule has 24 heavy (non-hydrogen) atoms. The number of rotatable bonds is 5. The van der Waals surface area contributed by atoms with Gasteiger partial charge in [-0.15, -0.1) is 24.8 Å². The van der Waals surface area contributed by atoms with E-state index >= 15 is 0 Å². The van der Waals surface area contributed by atoms with Crippen LogP contribution in [0, 0.1) is 0 Å². The molecule has 2 heterocycles. The fraction of sp³-hybridized carbons (Fsp3) is 0.588. The Morgan fingerprint density at radius 1 is 1.17 bits per heavy atom. The van der Waals surface area contributed by atoms with Crippen molar-refractivity contribution in [2.75, 3.05) is 32.8 Å². The Balaban J connectivity index is 0.00000144. The molecule has 3 rings (SSSR count). The van der Waals surface area contributed by atoms with E-state index < -0.39 is 0 Å². The van der Waals surface area contributed by atoms with Crippen LogP contribution in [0.2, 0.25) is 0 Å². The van der Waals surface area contributed by atoms with Crippen molar-refractivity contribution in [1.29, 1.82) is 0 Å². The van der Waals surface area contributed by atoms with E-state index in [1.165, 1.54) is 31.5 Å². The fourth-order valence-electron chi connectivity index (χ4n) is 3.01. The molecular weight excluding hydrogens is 349 g/mol. The summed E-state index contributed by atoms with van der Waals surface area (Å²) in [6.45, 7) is 5.92. The van der Waals surface area contributed by atoms with Crippen LogP contribution >= 0.6 is 24.8 Å². The molecule has 7 heteroatoms. The maximum Gasteiger partial charge on any atom is 0.239 e. The normalized spacial score (nSPS) is 20.8. The summed E-state index contributed by atoms with van der Waals surface area (Å²) in [6, 6.07) is 8.33. The van der Waals surface area contributed by atoms with Crippen LogP contribution in [0.15, 0.2) is 24.3 Å². The number of hydrogen-bond acceptors (Lipinski definition) is 4. The van der Waals surface area contributed by atoms with Crippen molar-refractivity contribution in [3.05, 3.63) is 35.4 Å². The first-order valence-corrected chi connectivity index (χ1v) is 8.20. The van der Waals surface area contributed by atoms with E-state index in [0.717, 1.165) is 18.7 Å². The molecule has 1 aromatic rings. The lowest BCUT2D eigenvalue weighted by Gasteiger charge is -2.22. The van der Waals surface area contributed by atoms with Gasteiger partial charge in [-0.3, -0.25) is 9.69 Å². The maximum atomic E-state index is 12.0. The highest BCUT2D eigenvalue weighted by atomic mass is 35.5. The summed E-state index contributed by atoms with van der Waals surface area (Å²) in [5, 5.41) is 6.13. The second-order valence-corrected chi connectivity index (χ2v) is 6.10. The van der Waals surface area contributed by atoms with Crippen molar-refractivity contribution in [1.82, 2.24) is 15.5 Å². The number of ether oxygens (including phenoxy) is 1. The predicted molar refractivity (Wildman–Crippen MR) is 99.9 cm³/mol. The Morgan fingerprint density at radius 2 is 1.83 bits per heavy atom. The van der Waals surface area contributed by atoms with Gasteiger partial charge in [0, 0.05) is 19.6 Å². The molecule has 0 aliphatic carbocycles. The average molecular weight is 376 g/mol. The highest BCUT2D eigenvalue weighted by molar-refractivity contribution is 5.85. The number of hydrogen-bond donors (Lipinski definition) is 2. The van der Waals surface area contributed by atoms with Crippen LogP contribution in [0.1, 0.15) is 24.0 Å². The van der Waals surface area contributed by atoms with E-state index in [2.05, 4.69) is 39.8 Å².